The quantitative estimate of drug-likeness (QED) is 0.216. The molecule has 3 heterocycles. The van der Waals surface area contributed by atoms with Gasteiger partial charge in [-0.2, -0.15) is 0 Å². The Balaban J connectivity index is 1.60. The van der Waals surface area contributed by atoms with Crippen LogP contribution in [0.25, 0.3) is 10.8 Å². The Morgan fingerprint density at radius 2 is 1.70 bits per heavy atom. The molecular weight excluding hydrogens is 577 g/mol. The fourth-order valence-corrected chi connectivity index (χ4v) is 5.34. The van der Waals surface area contributed by atoms with Crippen molar-refractivity contribution < 1.29 is 32.2 Å². The van der Waals surface area contributed by atoms with E-state index in [0.29, 0.717) is 34.2 Å². The van der Waals surface area contributed by atoms with Crippen molar-refractivity contribution in [1.82, 2.24) is 10.3 Å². The van der Waals surface area contributed by atoms with E-state index in [-0.39, 0.29) is 35.1 Å². The first-order valence-electron chi connectivity index (χ1n) is 14.0. The summed E-state index contributed by atoms with van der Waals surface area (Å²) in [7, 11) is 1.51. The van der Waals surface area contributed by atoms with Crippen LogP contribution in [0.5, 0.6) is 11.5 Å². The molecular formula is C32H31F3N4O5. The highest BCUT2D eigenvalue weighted by Crippen LogP contribution is 2.36. The summed E-state index contributed by atoms with van der Waals surface area (Å²) in [5.41, 5.74) is 1.80. The molecule has 4 aromatic rings. The summed E-state index contributed by atoms with van der Waals surface area (Å²) in [6.07, 6.45) is -2.82. The Hall–Kier alpha value is -5.00. The van der Waals surface area contributed by atoms with Gasteiger partial charge >= 0.3 is 6.36 Å². The van der Waals surface area contributed by atoms with Crippen LogP contribution in [0, 0.1) is 0 Å². The number of pyridine rings is 1. The van der Waals surface area contributed by atoms with Crippen molar-refractivity contribution in [1.29, 1.82) is 0 Å². The molecule has 0 radical (unpaired) electrons. The normalized spacial score (nSPS) is 19.3. The number of carbonyl (C=O) groups excluding carboxylic acids is 2. The summed E-state index contributed by atoms with van der Waals surface area (Å²) in [6, 6.07) is 13.9. The number of halogens is 3. The lowest BCUT2D eigenvalue weighted by Crippen LogP contribution is -2.35. The number of H-pyrrole nitrogens is 1. The van der Waals surface area contributed by atoms with Crippen LogP contribution >= 0.6 is 0 Å². The van der Waals surface area contributed by atoms with Gasteiger partial charge in [-0.1, -0.05) is 25.1 Å². The summed E-state index contributed by atoms with van der Waals surface area (Å²) in [5, 5.41) is 9.83. The third-order valence-corrected chi connectivity index (χ3v) is 7.62. The Kier molecular flexibility index (Phi) is 8.52. The number of rotatable bonds is 4. The summed E-state index contributed by atoms with van der Waals surface area (Å²) in [5.74, 6) is -0.978. The van der Waals surface area contributed by atoms with E-state index < -0.39 is 30.1 Å². The summed E-state index contributed by atoms with van der Waals surface area (Å²) >= 11 is 0. The molecule has 0 saturated carbocycles. The van der Waals surface area contributed by atoms with Crippen LogP contribution in [0.2, 0.25) is 0 Å². The van der Waals surface area contributed by atoms with Crippen LogP contribution in [0.3, 0.4) is 0 Å². The molecule has 4 N–H and O–H groups in total. The molecule has 44 heavy (non-hydrogen) atoms. The fraction of sp³-hybridized carbons (Fsp3) is 0.281. The lowest BCUT2D eigenvalue weighted by atomic mass is 9.92. The molecule has 230 valence electrons. The molecule has 0 unspecified atom stereocenters. The van der Waals surface area contributed by atoms with Gasteiger partial charge in [0.25, 0.3) is 5.56 Å². The molecule has 2 aliphatic rings. The molecule has 9 nitrogen and oxygen atoms in total. The monoisotopic (exact) mass is 608 g/mol. The van der Waals surface area contributed by atoms with E-state index >= 15 is 0 Å². The Morgan fingerprint density at radius 1 is 0.909 bits per heavy atom. The van der Waals surface area contributed by atoms with Gasteiger partial charge in [0.1, 0.15) is 17.5 Å². The second-order valence-corrected chi connectivity index (χ2v) is 10.7. The standard InChI is InChI=1S/C32H31F3N4O5/c1-17-4-11-28(40)38-21-8-10-26(44-32(33,34)35)24(15-21)18(2)37-31(42)29(20-6-9-23(17)27(14-20)43-3)39-22-7-5-19-12-13-36-30(41)25(19)16-22/h5-10,12-18,29,39H,4,11H2,1-3H3,(H,36,41)(H,37,42)(H,38,40)/t17-,18+,29+/m0/s1. The number of nitrogens with one attached hydrogen (secondary N) is 4. The van der Waals surface area contributed by atoms with E-state index in [4.69, 9.17) is 4.74 Å². The zero-order valence-corrected chi connectivity index (χ0v) is 24.2. The molecule has 3 atom stereocenters. The average molecular weight is 609 g/mol. The number of fused-ring (bicyclic) bond motifs is 10. The van der Waals surface area contributed by atoms with Gasteiger partial charge in [0.05, 0.1) is 13.2 Å². The SMILES string of the molecule is COc1cc2ccc1[C@@H](C)CCC(=O)Nc1ccc(OC(F)(F)F)c(c1)[C@@H](C)NC(=O)[C@@H]2Nc1ccc2cc[nH]c(=O)c2c1. The van der Waals surface area contributed by atoms with Crippen molar-refractivity contribution in [3.63, 3.8) is 0 Å². The predicted octanol–water partition coefficient (Wildman–Crippen LogP) is 6.30. The van der Waals surface area contributed by atoms with Crippen molar-refractivity contribution in [2.45, 2.75) is 51.1 Å². The number of hydrogen-bond donors (Lipinski definition) is 4. The van der Waals surface area contributed by atoms with E-state index in [9.17, 15) is 27.6 Å². The lowest BCUT2D eigenvalue weighted by molar-refractivity contribution is -0.275. The van der Waals surface area contributed by atoms with Crippen molar-refractivity contribution >= 4 is 34.0 Å². The molecule has 4 bridgehead atoms. The minimum Gasteiger partial charge on any atom is -0.496 e. The number of carbonyl (C=O) groups is 2. The van der Waals surface area contributed by atoms with Crippen LogP contribution in [0.4, 0.5) is 24.5 Å². The van der Waals surface area contributed by atoms with Crippen LogP contribution in [0.15, 0.2) is 71.7 Å². The second kappa shape index (κ2) is 12.3. The number of aromatic nitrogens is 1. The fourth-order valence-electron chi connectivity index (χ4n) is 5.34. The number of ether oxygens (including phenoxy) is 2. The topological polar surface area (TPSA) is 122 Å². The predicted molar refractivity (Wildman–Crippen MR) is 160 cm³/mol. The van der Waals surface area contributed by atoms with Crippen LogP contribution in [-0.4, -0.2) is 30.3 Å². The molecule has 1 aromatic heterocycles. The molecule has 0 aliphatic carbocycles. The Morgan fingerprint density at radius 3 is 2.45 bits per heavy atom. The molecule has 0 fully saturated rings. The van der Waals surface area contributed by atoms with Gasteiger partial charge in [0, 0.05) is 34.9 Å². The Labute approximate surface area is 250 Å². The van der Waals surface area contributed by atoms with Gasteiger partial charge in [-0.3, -0.25) is 14.4 Å². The van der Waals surface area contributed by atoms with Crippen LogP contribution in [0.1, 0.15) is 61.4 Å². The number of methoxy groups -OCH3 is 1. The highest BCUT2D eigenvalue weighted by Gasteiger charge is 2.33. The van der Waals surface area contributed by atoms with E-state index in [1.54, 1.807) is 42.6 Å². The van der Waals surface area contributed by atoms with E-state index in [2.05, 4.69) is 25.7 Å². The first-order valence-corrected chi connectivity index (χ1v) is 14.0. The maximum atomic E-state index is 13.9. The number of anilines is 2. The molecule has 6 rings (SSSR count). The van der Waals surface area contributed by atoms with E-state index in [0.717, 1.165) is 11.6 Å². The lowest BCUT2D eigenvalue weighted by Gasteiger charge is -2.26. The summed E-state index contributed by atoms with van der Waals surface area (Å²) in [6.45, 7) is 3.47. The number of aromatic amines is 1. The highest BCUT2D eigenvalue weighted by atomic mass is 19.4. The van der Waals surface area contributed by atoms with Crippen molar-refractivity contribution in [3.05, 3.63) is 93.9 Å². The first-order chi connectivity index (χ1) is 20.9. The zero-order valence-electron chi connectivity index (χ0n) is 24.2. The largest absolute Gasteiger partial charge is 0.573 e. The van der Waals surface area contributed by atoms with Crippen molar-refractivity contribution in [2.75, 3.05) is 17.7 Å². The zero-order chi connectivity index (χ0) is 31.6. The number of benzene rings is 3. The molecule has 12 heteroatoms. The smallest absolute Gasteiger partial charge is 0.496 e. The van der Waals surface area contributed by atoms with Gasteiger partial charge in [-0.05, 0) is 78.2 Å². The minimum atomic E-state index is -4.98. The average Bonchev–Trinajstić information content (AvgIpc) is 2.98. The van der Waals surface area contributed by atoms with E-state index in [1.807, 2.05) is 13.0 Å². The van der Waals surface area contributed by atoms with Crippen LogP contribution < -0.4 is 31.0 Å². The van der Waals surface area contributed by atoms with Gasteiger partial charge in [-0.15, -0.1) is 13.2 Å². The van der Waals surface area contributed by atoms with Gasteiger partial charge in [0.2, 0.25) is 11.8 Å². The number of hydrogen-bond acceptors (Lipinski definition) is 6. The minimum absolute atomic E-state index is 0.0119. The number of amides is 2. The molecule has 0 saturated heterocycles. The van der Waals surface area contributed by atoms with E-state index in [1.165, 1.54) is 26.2 Å². The van der Waals surface area contributed by atoms with Gasteiger partial charge in [-0.25, -0.2) is 0 Å². The number of alkyl halides is 3. The van der Waals surface area contributed by atoms with Crippen molar-refractivity contribution in [2.24, 2.45) is 0 Å². The maximum Gasteiger partial charge on any atom is 0.573 e. The summed E-state index contributed by atoms with van der Waals surface area (Å²) in [4.78, 5) is 41.8. The molecule has 2 aliphatic heterocycles. The first kappa shape index (κ1) is 30.5. The second-order valence-electron chi connectivity index (χ2n) is 10.7. The molecule has 0 spiro atoms. The van der Waals surface area contributed by atoms with Gasteiger partial charge in [0.15, 0.2) is 0 Å². The highest BCUT2D eigenvalue weighted by molar-refractivity contribution is 5.91. The Bertz CT molecular complexity index is 1770. The molecule has 2 amide bonds. The van der Waals surface area contributed by atoms with Crippen molar-refractivity contribution in [3.8, 4) is 11.5 Å². The third-order valence-electron chi connectivity index (χ3n) is 7.62. The summed E-state index contributed by atoms with van der Waals surface area (Å²) < 4.78 is 49.8. The third kappa shape index (κ3) is 6.80. The van der Waals surface area contributed by atoms with Gasteiger partial charge < -0.3 is 30.4 Å². The van der Waals surface area contributed by atoms with Crippen LogP contribution in [-0.2, 0) is 9.59 Å². The molecule has 3 aromatic carbocycles. The maximum absolute atomic E-state index is 13.9.